The normalized spacial score (nSPS) is 11.8. The van der Waals surface area contributed by atoms with Crippen molar-refractivity contribution >= 4 is 57.4 Å². The lowest BCUT2D eigenvalue weighted by molar-refractivity contribution is 0.102. The number of rotatable bonds is 5. The molecule has 6 nitrogen and oxygen atoms in total. The number of hydrogen-bond acceptors (Lipinski definition) is 3. The highest BCUT2D eigenvalue weighted by atomic mass is 35.5. The summed E-state index contributed by atoms with van der Waals surface area (Å²) >= 11 is 12.3. The van der Waals surface area contributed by atoms with E-state index in [0.29, 0.717) is 22.3 Å². The molecule has 2 aromatic carbocycles. The van der Waals surface area contributed by atoms with Gasteiger partial charge in [-0.3, -0.25) is 9.78 Å². The lowest BCUT2D eigenvalue weighted by Crippen LogP contribution is -2.35. The fraction of sp³-hybridized carbons (Fsp3) is 0.227. The van der Waals surface area contributed by atoms with Gasteiger partial charge >= 0.3 is 6.03 Å². The molecule has 30 heavy (non-hydrogen) atoms. The van der Waals surface area contributed by atoms with Crippen molar-refractivity contribution in [1.29, 1.82) is 0 Å². The number of nitrogens with one attached hydrogen (secondary N) is 3. The van der Waals surface area contributed by atoms with Gasteiger partial charge in [0, 0.05) is 17.6 Å². The zero-order valence-corrected chi connectivity index (χ0v) is 18.4. The third-order valence-corrected chi connectivity index (χ3v) is 5.38. The molecule has 0 fully saturated rings. The number of anilines is 2. The zero-order chi connectivity index (χ0) is 21.8. The van der Waals surface area contributed by atoms with Crippen LogP contribution in [0, 0.1) is 6.92 Å². The van der Waals surface area contributed by atoms with Crippen LogP contribution < -0.4 is 16.0 Å². The summed E-state index contributed by atoms with van der Waals surface area (Å²) in [5.41, 5.74) is 2.65. The maximum absolute atomic E-state index is 12.8. The predicted molar refractivity (Wildman–Crippen MR) is 123 cm³/mol. The summed E-state index contributed by atoms with van der Waals surface area (Å²) in [7, 11) is 0. The summed E-state index contributed by atoms with van der Waals surface area (Å²) in [6.07, 6.45) is 2.48. The van der Waals surface area contributed by atoms with Gasteiger partial charge in [-0.25, -0.2) is 4.79 Å². The van der Waals surface area contributed by atoms with Crippen molar-refractivity contribution in [3.63, 3.8) is 0 Å². The van der Waals surface area contributed by atoms with E-state index in [1.807, 2.05) is 26.8 Å². The second-order valence-electron chi connectivity index (χ2n) is 6.98. The van der Waals surface area contributed by atoms with Crippen molar-refractivity contribution in [1.82, 2.24) is 10.3 Å². The van der Waals surface area contributed by atoms with Crippen molar-refractivity contribution in [2.45, 2.75) is 33.2 Å². The fourth-order valence-corrected chi connectivity index (χ4v) is 3.53. The van der Waals surface area contributed by atoms with Gasteiger partial charge in [0.2, 0.25) is 0 Å². The molecule has 8 heteroatoms. The van der Waals surface area contributed by atoms with E-state index in [2.05, 4.69) is 20.9 Å². The molecule has 156 valence electrons. The van der Waals surface area contributed by atoms with Crippen LogP contribution in [0.3, 0.4) is 0 Å². The van der Waals surface area contributed by atoms with Crippen LogP contribution in [0.2, 0.25) is 10.0 Å². The van der Waals surface area contributed by atoms with Gasteiger partial charge in [0.1, 0.15) is 0 Å². The van der Waals surface area contributed by atoms with E-state index in [1.165, 1.54) is 0 Å². The number of halogens is 2. The standard InChI is InChI=1S/C22H22Cl2N4O2/c1-4-13(3)26-22(30)28-19-12(2)11-25-20-14(19)7-5-10-17(20)27-21(29)18-15(23)8-6-9-16(18)24/h5-11,13H,4H2,1-3H3,(H,27,29)(H2,25,26,28,30). The average Bonchev–Trinajstić information content (AvgIpc) is 2.70. The second kappa shape index (κ2) is 9.32. The number of urea groups is 1. The van der Waals surface area contributed by atoms with E-state index >= 15 is 0 Å². The topological polar surface area (TPSA) is 83.1 Å². The van der Waals surface area contributed by atoms with Gasteiger partial charge in [0.25, 0.3) is 5.91 Å². The molecule has 0 radical (unpaired) electrons. The maximum atomic E-state index is 12.8. The molecule has 1 heterocycles. The van der Waals surface area contributed by atoms with Gasteiger partial charge in [-0.1, -0.05) is 48.3 Å². The summed E-state index contributed by atoms with van der Waals surface area (Å²) in [6, 6.07) is 9.99. The Morgan fingerprint density at radius 2 is 1.73 bits per heavy atom. The largest absolute Gasteiger partial charge is 0.335 e. The molecule has 3 aromatic rings. The van der Waals surface area contributed by atoms with Gasteiger partial charge in [-0.2, -0.15) is 0 Å². The highest BCUT2D eigenvalue weighted by molar-refractivity contribution is 6.40. The van der Waals surface area contributed by atoms with Crippen molar-refractivity contribution in [2.24, 2.45) is 0 Å². The average molecular weight is 445 g/mol. The monoisotopic (exact) mass is 444 g/mol. The summed E-state index contributed by atoms with van der Waals surface area (Å²) < 4.78 is 0. The number of pyridine rings is 1. The van der Waals surface area contributed by atoms with Crippen LogP contribution in [0.5, 0.6) is 0 Å². The lowest BCUT2D eigenvalue weighted by Gasteiger charge is -2.16. The number of carbonyl (C=O) groups is 2. The van der Waals surface area contributed by atoms with Crippen molar-refractivity contribution < 1.29 is 9.59 Å². The molecule has 0 saturated heterocycles. The Morgan fingerprint density at radius 1 is 1.07 bits per heavy atom. The summed E-state index contributed by atoms with van der Waals surface area (Å²) in [5.74, 6) is -0.440. The molecular weight excluding hydrogens is 423 g/mol. The van der Waals surface area contributed by atoms with Crippen molar-refractivity contribution in [3.8, 4) is 0 Å². The molecule has 1 atom stereocenters. The predicted octanol–water partition coefficient (Wildman–Crippen LogP) is 6.02. The first-order valence-electron chi connectivity index (χ1n) is 9.53. The quantitative estimate of drug-likeness (QED) is 0.449. The number of benzene rings is 2. The van der Waals surface area contributed by atoms with E-state index < -0.39 is 5.91 Å². The molecule has 3 rings (SSSR count). The molecule has 3 N–H and O–H groups in total. The molecule has 0 aliphatic carbocycles. The Kier molecular flexibility index (Phi) is 6.80. The van der Waals surface area contributed by atoms with Crippen LogP contribution in [-0.4, -0.2) is 23.0 Å². The third kappa shape index (κ3) is 4.66. The molecule has 3 amide bonds. The van der Waals surface area contributed by atoms with E-state index in [0.717, 1.165) is 12.0 Å². The van der Waals surface area contributed by atoms with Crippen LogP contribution >= 0.6 is 23.2 Å². The van der Waals surface area contributed by atoms with Gasteiger partial charge in [0.15, 0.2) is 0 Å². The highest BCUT2D eigenvalue weighted by Gasteiger charge is 2.18. The number of amides is 3. The number of carbonyl (C=O) groups excluding carboxylic acids is 2. The summed E-state index contributed by atoms with van der Waals surface area (Å²) in [4.78, 5) is 29.6. The van der Waals surface area contributed by atoms with Crippen LogP contribution in [-0.2, 0) is 0 Å². The number of aryl methyl sites for hydroxylation is 1. The minimum Gasteiger partial charge on any atom is -0.335 e. The molecule has 0 saturated carbocycles. The number of para-hydroxylation sites is 1. The minimum atomic E-state index is -0.440. The van der Waals surface area contributed by atoms with Crippen LogP contribution in [0.4, 0.5) is 16.2 Å². The number of hydrogen-bond donors (Lipinski definition) is 3. The molecule has 1 unspecified atom stereocenters. The number of fused-ring (bicyclic) bond motifs is 1. The zero-order valence-electron chi connectivity index (χ0n) is 16.8. The molecule has 0 aliphatic rings. The first-order chi connectivity index (χ1) is 14.3. The number of aromatic nitrogens is 1. The van der Waals surface area contributed by atoms with Crippen LogP contribution in [0.25, 0.3) is 10.9 Å². The Morgan fingerprint density at radius 3 is 2.40 bits per heavy atom. The Labute approximate surface area is 185 Å². The van der Waals surface area contributed by atoms with Gasteiger partial charge in [0.05, 0.1) is 32.5 Å². The van der Waals surface area contributed by atoms with E-state index in [1.54, 1.807) is 36.5 Å². The number of nitrogens with zero attached hydrogens (tertiary/aromatic N) is 1. The van der Waals surface area contributed by atoms with Gasteiger partial charge in [-0.05, 0) is 44.0 Å². The maximum Gasteiger partial charge on any atom is 0.319 e. The SMILES string of the molecule is CCC(C)NC(=O)Nc1c(C)cnc2c(NC(=O)c3c(Cl)cccc3Cl)cccc12. The van der Waals surface area contributed by atoms with Gasteiger partial charge in [-0.15, -0.1) is 0 Å². The van der Waals surface area contributed by atoms with Crippen molar-refractivity contribution in [3.05, 3.63) is 63.8 Å². The van der Waals surface area contributed by atoms with Crippen LogP contribution in [0.1, 0.15) is 36.2 Å². The van der Waals surface area contributed by atoms with Crippen LogP contribution in [0.15, 0.2) is 42.6 Å². The van der Waals surface area contributed by atoms with Crippen molar-refractivity contribution in [2.75, 3.05) is 10.6 Å². The first-order valence-corrected chi connectivity index (χ1v) is 10.3. The first kappa shape index (κ1) is 21.9. The van der Waals surface area contributed by atoms with E-state index in [-0.39, 0.29) is 27.7 Å². The molecule has 0 spiro atoms. The molecule has 0 aliphatic heterocycles. The lowest BCUT2D eigenvalue weighted by atomic mass is 10.1. The Hall–Kier alpha value is -2.83. The van der Waals surface area contributed by atoms with E-state index in [4.69, 9.17) is 23.2 Å². The molecule has 0 bridgehead atoms. The summed E-state index contributed by atoms with van der Waals surface area (Å²) in [6.45, 7) is 5.79. The minimum absolute atomic E-state index is 0.0497. The summed E-state index contributed by atoms with van der Waals surface area (Å²) in [5, 5.41) is 9.83. The fourth-order valence-electron chi connectivity index (χ4n) is 2.96. The Balaban J connectivity index is 1.96. The Bertz CT molecular complexity index is 1100. The third-order valence-electron chi connectivity index (χ3n) is 4.75. The molecular formula is C22H22Cl2N4O2. The highest BCUT2D eigenvalue weighted by Crippen LogP contribution is 2.31. The van der Waals surface area contributed by atoms with Gasteiger partial charge < -0.3 is 16.0 Å². The smallest absolute Gasteiger partial charge is 0.319 e. The second-order valence-corrected chi connectivity index (χ2v) is 7.79. The van der Waals surface area contributed by atoms with E-state index in [9.17, 15) is 9.59 Å². The molecule has 1 aromatic heterocycles.